The van der Waals surface area contributed by atoms with Gasteiger partial charge in [-0.1, -0.05) is 65.5 Å². The molecule has 24 heavy (non-hydrogen) atoms. The molecule has 0 fully saturated rings. The van der Waals surface area contributed by atoms with Crippen LogP contribution in [-0.2, 0) is 13.6 Å². The molecule has 0 spiro atoms. The smallest absolute Gasteiger partial charge is 0.333 e. The minimum absolute atomic E-state index is 0.271. The molecule has 142 valence electrons. The number of esters is 1. The van der Waals surface area contributed by atoms with Gasteiger partial charge in [0.05, 0.1) is 29.4 Å². The van der Waals surface area contributed by atoms with Gasteiger partial charge >= 0.3 is 5.97 Å². The molecule has 0 aromatic heterocycles. The van der Waals surface area contributed by atoms with Crippen LogP contribution in [0.15, 0.2) is 12.2 Å². The highest BCUT2D eigenvalue weighted by atomic mass is 29.9. The van der Waals surface area contributed by atoms with Crippen molar-refractivity contribution in [3.8, 4) is 0 Å². The second-order valence-corrected chi connectivity index (χ2v) is 51.4. The zero-order chi connectivity index (χ0) is 19.4. The Labute approximate surface area is 156 Å². The van der Waals surface area contributed by atoms with Gasteiger partial charge in [-0.15, -0.1) is 0 Å². The van der Waals surface area contributed by atoms with E-state index >= 15 is 0 Å². The summed E-state index contributed by atoms with van der Waals surface area (Å²) in [6, 6.07) is 1.11. The van der Waals surface area contributed by atoms with Gasteiger partial charge in [0.25, 0.3) is 0 Å². The lowest BCUT2D eigenvalue weighted by Crippen LogP contribution is -2.84. The average molecular weight is 421 g/mol. The van der Waals surface area contributed by atoms with Crippen molar-refractivity contribution >= 4 is 45.4 Å². The van der Waals surface area contributed by atoms with E-state index < -0.39 is 39.4 Å². The number of carbonyl (C=O) groups excluding carboxylic acids is 1. The van der Waals surface area contributed by atoms with Gasteiger partial charge in [-0.3, -0.25) is 0 Å². The predicted molar refractivity (Wildman–Crippen MR) is 121 cm³/mol. The van der Waals surface area contributed by atoms with Crippen LogP contribution < -0.4 is 0 Å². The van der Waals surface area contributed by atoms with E-state index in [1.807, 2.05) is 0 Å². The lowest BCUT2D eigenvalue weighted by Gasteiger charge is -2.56. The Kier molecular flexibility index (Phi) is 8.86. The predicted octanol–water partition coefficient (Wildman–Crippen LogP) is 4.21. The largest absolute Gasteiger partial charge is 0.466 e. The first kappa shape index (κ1) is 24.3. The molecule has 0 aliphatic rings. The van der Waals surface area contributed by atoms with Crippen LogP contribution in [0.1, 0.15) is 13.3 Å². The van der Waals surface area contributed by atoms with Gasteiger partial charge in [0.15, 0.2) is 0 Å². The average Bonchev–Trinajstić information content (AvgIpc) is 2.32. The molecule has 0 rings (SSSR count). The molecular weight excluding hydrogens is 381 g/mol. The van der Waals surface area contributed by atoms with Crippen LogP contribution in [0.3, 0.4) is 0 Å². The van der Waals surface area contributed by atoms with Crippen molar-refractivity contribution in [2.45, 2.75) is 78.3 Å². The van der Waals surface area contributed by atoms with Crippen molar-refractivity contribution in [2.75, 3.05) is 6.61 Å². The fraction of sp³-hybridized carbons (Fsp3) is 0.812. The number of ether oxygens (including phenoxy) is 1. The van der Waals surface area contributed by atoms with Crippen LogP contribution in [0.2, 0.25) is 65.0 Å². The molecule has 0 aliphatic carbocycles. The summed E-state index contributed by atoms with van der Waals surface area (Å²) in [6.45, 7) is 27.2. The maximum Gasteiger partial charge on any atom is 0.333 e. The van der Waals surface area contributed by atoms with Gasteiger partial charge in [-0.05, 0) is 19.4 Å². The van der Waals surface area contributed by atoms with Gasteiger partial charge in [-0.2, -0.15) is 0 Å². The second-order valence-electron chi connectivity index (χ2n) is 9.90. The summed E-state index contributed by atoms with van der Waals surface area (Å²) in [4.78, 5) is 11.4. The van der Waals surface area contributed by atoms with Gasteiger partial charge in [-0.25, -0.2) is 4.79 Å². The molecule has 0 saturated heterocycles. The lowest BCUT2D eigenvalue weighted by atomic mass is 10.4. The van der Waals surface area contributed by atoms with E-state index in [1.165, 1.54) is 0 Å². The van der Waals surface area contributed by atoms with E-state index in [1.54, 1.807) is 6.92 Å². The van der Waals surface area contributed by atoms with Crippen LogP contribution in [0.5, 0.6) is 0 Å². The van der Waals surface area contributed by atoms with Gasteiger partial charge in [0, 0.05) is 5.57 Å². The Hall–Kier alpha value is 0.254. The third-order valence-electron chi connectivity index (χ3n) is 4.61. The normalized spacial score (nSPS) is 14.2. The first-order valence-corrected chi connectivity index (χ1v) is 26.0. The molecule has 0 aromatic rings. The van der Waals surface area contributed by atoms with E-state index in [4.69, 9.17) is 8.85 Å². The SMILES string of the molecule is C=C(C)C(=O)OCCC[SiH2]O[Si]([Si](C)(C)C)([Si](C)(C)C)[Si](C)(C)C. The molecule has 0 radical (unpaired) electrons. The van der Waals surface area contributed by atoms with Crippen LogP contribution in [-0.4, -0.2) is 52.0 Å². The molecule has 3 nitrogen and oxygen atoms in total. The molecule has 0 unspecified atom stereocenters. The Morgan fingerprint density at radius 3 is 1.67 bits per heavy atom. The lowest BCUT2D eigenvalue weighted by molar-refractivity contribution is -0.138. The topological polar surface area (TPSA) is 35.5 Å². The Balaban J connectivity index is 4.89. The first-order chi connectivity index (χ1) is 10.6. The molecule has 0 heterocycles. The molecule has 0 bridgehead atoms. The van der Waals surface area contributed by atoms with Crippen molar-refractivity contribution in [1.82, 2.24) is 0 Å². The number of rotatable bonds is 10. The number of hydrogen-bond acceptors (Lipinski definition) is 3. The van der Waals surface area contributed by atoms with E-state index in [-0.39, 0.29) is 5.97 Å². The standard InChI is InChI=1S/C16H40O3Si5/c1-15(2)16(17)18-13-12-14-20-19-24(21(3,4)5,22(6,7)8)23(9,10)11/h1,12-14,20H2,2-11H3. The molecule has 8 heteroatoms. The Morgan fingerprint density at radius 2 is 1.33 bits per heavy atom. The minimum Gasteiger partial charge on any atom is -0.466 e. The molecule has 0 aliphatic heterocycles. The van der Waals surface area contributed by atoms with Crippen molar-refractivity contribution in [3.05, 3.63) is 12.2 Å². The molecule has 0 atom stereocenters. The summed E-state index contributed by atoms with van der Waals surface area (Å²) in [5.41, 5.74) is 0.478. The van der Waals surface area contributed by atoms with Crippen molar-refractivity contribution in [1.29, 1.82) is 0 Å². The molecule has 0 amide bonds. The summed E-state index contributed by atoms with van der Waals surface area (Å²) in [6.07, 6.45) is 0.929. The van der Waals surface area contributed by atoms with E-state index in [0.29, 0.717) is 12.2 Å². The Bertz CT molecular complexity index is 408. The quantitative estimate of drug-likeness (QED) is 0.230. The van der Waals surface area contributed by atoms with E-state index in [0.717, 1.165) is 12.5 Å². The fourth-order valence-corrected chi connectivity index (χ4v) is 114. The van der Waals surface area contributed by atoms with Gasteiger partial charge in [0.2, 0.25) is 0 Å². The number of carbonyl (C=O) groups is 1. The Morgan fingerprint density at radius 1 is 0.917 bits per heavy atom. The third-order valence-corrected chi connectivity index (χ3v) is 77.7. The minimum atomic E-state index is -1.64. The summed E-state index contributed by atoms with van der Waals surface area (Å²) < 4.78 is 12.3. The first-order valence-electron chi connectivity index (χ1n) is 9.04. The van der Waals surface area contributed by atoms with Gasteiger partial charge < -0.3 is 8.85 Å². The maximum atomic E-state index is 11.4. The van der Waals surface area contributed by atoms with Crippen molar-refractivity contribution in [2.24, 2.45) is 0 Å². The summed E-state index contributed by atoms with van der Waals surface area (Å²) in [7, 11) is -4.54. The molecule has 0 aromatic carbocycles. The number of hydrogen-bond donors (Lipinski definition) is 0. The second kappa shape index (κ2) is 8.76. The molecule has 0 N–H and O–H groups in total. The highest BCUT2D eigenvalue weighted by Crippen LogP contribution is 2.37. The van der Waals surface area contributed by atoms with Gasteiger partial charge in [0.1, 0.15) is 16.6 Å². The molecule has 0 saturated carbocycles. The highest BCUT2D eigenvalue weighted by molar-refractivity contribution is 7.87. The van der Waals surface area contributed by atoms with Crippen LogP contribution in [0.4, 0.5) is 0 Å². The van der Waals surface area contributed by atoms with Crippen LogP contribution in [0.25, 0.3) is 0 Å². The molecular formula is C16H40O3Si5. The van der Waals surface area contributed by atoms with Crippen LogP contribution >= 0.6 is 0 Å². The highest BCUT2D eigenvalue weighted by Gasteiger charge is 2.62. The monoisotopic (exact) mass is 420 g/mol. The fourth-order valence-electron chi connectivity index (χ4n) is 4.74. The zero-order valence-corrected chi connectivity index (χ0v) is 23.2. The third kappa shape index (κ3) is 5.91. The zero-order valence-electron chi connectivity index (χ0n) is 17.8. The van der Waals surface area contributed by atoms with Crippen molar-refractivity contribution < 1.29 is 13.6 Å². The van der Waals surface area contributed by atoms with E-state index in [9.17, 15) is 4.79 Å². The summed E-state index contributed by atoms with van der Waals surface area (Å²) in [5.74, 6) is -0.271. The van der Waals surface area contributed by atoms with Crippen molar-refractivity contribution in [3.63, 3.8) is 0 Å². The van der Waals surface area contributed by atoms with Crippen LogP contribution in [0, 0.1) is 0 Å². The summed E-state index contributed by atoms with van der Waals surface area (Å²) in [5, 5.41) is 0. The maximum absolute atomic E-state index is 11.4. The van der Waals surface area contributed by atoms with E-state index in [2.05, 4.69) is 65.5 Å². The summed E-state index contributed by atoms with van der Waals surface area (Å²) >= 11 is 0.